The third-order valence-corrected chi connectivity index (χ3v) is 4.98. The lowest BCUT2D eigenvalue weighted by atomic mass is 10.1. The van der Waals surface area contributed by atoms with Crippen molar-refractivity contribution in [3.05, 3.63) is 52.4 Å². The van der Waals surface area contributed by atoms with Crippen LogP contribution in [0, 0.1) is 13.8 Å². The smallest absolute Gasteiger partial charge is 0.272 e. The fraction of sp³-hybridized carbons (Fsp3) is 0.238. The second-order valence-corrected chi connectivity index (χ2v) is 7.59. The van der Waals surface area contributed by atoms with Crippen LogP contribution in [0.5, 0.6) is 0 Å². The van der Waals surface area contributed by atoms with E-state index < -0.39 is 0 Å². The highest BCUT2D eigenvalue weighted by Gasteiger charge is 2.23. The maximum atomic E-state index is 13.0. The zero-order valence-corrected chi connectivity index (χ0v) is 17.2. The van der Waals surface area contributed by atoms with Gasteiger partial charge >= 0.3 is 0 Å². The van der Waals surface area contributed by atoms with Crippen LogP contribution in [-0.2, 0) is 7.05 Å². The largest absolute Gasteiger partial charge is 0.343 e. The van der Waals surface area contributed by atoms with Crippen LogP contribution in [0.2, 0.25) is 5.02 Å². The van der Waals surface area contributed by atoms with Crippen molar-refractivity contribution in [2.24, 2.45) is 7.05 Å². The van der Waals surface area contributed by atoms with E-state index in [1.807, 2.05) is 55.8 Å². The van der Waals surface area contributed by atoms with E-state index in [-0.39, 0.29) is 5.91 Å². The molecule has 0 saturated carbocycles. The molecule has 3 aromatic heterocycles. The van der Waals surface area contributed by atoms with Crippen molar-refractivity contribution in [3.8, 4) is 11.4 Å². The summed E-state index contributed by atoms with van der Waals surface area (Å²) in [5.41, 5.74) is 4.57. The lowest BCUT2D eigenvalue weighted by molar-refractivity contribution is 0.0824. The van der Waals surface area contributed by atoms with E-state index in [2.05, 4.69) is 9.97 Å². The summed E-state index contributed by atoms with van der Waals surface area (Å²) in [5, 5.41) is 2.27. The maximum Gasteiger partial charge on any atom is 0.272 e. The highest BCUT2D eigenvalue weighted by molar-refractivity contribution is 6.31. The highest BCUT2D eigenvalue weighted by Crippen LogP contribution is 2.33. The van der Waals surface area contributed by atoms with E-state index in [0.717, 1.165) is 33.2 Å². The fourth-order valence-electron chi connectivity index (χ4n) is 3.51. The van der Waals surface area contributed by atoms with Crippen LogP contribution in [0.25, 0.3) is 33.3 Å². The van der Waals surface area contributed by atoms with Crippen molar-refractivity contribution < 1.29 is 4.79 Å². The van der Waals surface area contributed by atoms with Crippen molar-refractivity contribution in [1.82, 2.24) is 24.4 Å². The van der Waals surface area contributed by atoms with E-state index in [9.17, 15) is 4.79 Å². The Morgan fingerprint density at radius 2 is 1.71 bits per heavy atom. The van der Waals surface area contributed by atoms with Crippen LogP contribution >= 0.6 is 11.6 Å². The van der Waals surface area contributed by atoms with E-state index in [0.29, 0.717) is 22.2 Å². The van der Waals surface area contributed by atoms with Crippen LogP contribution in [0.4, 0.5) is 0 Å². The Bertz CT molecular complexity index is 1240. The molecule has 4 rings (SSSR count). The minimum Gasteiger partial charge on any atom is -0.343 e. The zero-order valence-electron chi connectivity index (χ0n) is 16.4. The molecule has 7 heteroatoms. The lowest BCUT2D eigenvalue weighted by Crippen LogP contribution is -2.23. The summed E-state index contributed by atoms with van der Waals surface area (Å²) in [6.45, 7) is 3.86. The number of fused-ring (bicyclic) bond motifs is 3. The number of carbonyl (C=O) groups is 1. The fourth-order valence-corrected chi connectivity index (χ4v) is 3.67. The first kappa shape index (κ1) is 18.4. The molecule has 0 fully saturated rings. The summed E-state index contributed by atoms with van der Waals surface area (Å²) >= 11 is 6.20. The van der Waals surface area contributed by atoms with Gasteiger partial charge in [0.2, 0.25) is 0 Å². The molecular formula is C21H20ClN5O. The summed E-state index contributed by atoms with van der Waals surface area (Å²) in [6, 6.07) is 9.46. The number of halogens is 1. The van der Waals surface area contributed by atoms with Gasteiger partial charge in [-0.05, 0) is 38.1 Å². The van der Waals surface area contributed by atoms with Crippen molar-refractivity contribution in [2.45, 2.75) is 13.8 Å². The number of pyridine rings is 1. The molecule has 0 N–H and O–H groups in total. The van der Waals surface area contributed by atoms with Gasteiger partial charge in [-0.3, -0.25) is 9.78 Å². The Morgan fingerprint density at radius 3 is 2.36 bits per heavy atom. The van der Waals surface area contributed by atoms with E-state index in [1.54, 1.807) is 14.1 Å². The minimum absolute atomic E-state index is 0.168. The van der Waals surface area contributed by atoms with Gasteiger partial charge in [0.05, 0.1) is 10.9 Å². The molecule has 142 valence electrons. The van der Waals surface area contributed by atoms with Crippen LogP contribution < -0.4 is 0 Å². The molecule has 28 heavy (non-hydrogen) atoms. The average Bonchev–Trinajstić information content (AvgIpc) is 2.91. The number of rotatable bonds is 2. The normalized spacial score (nSPS) is 11.4. The number of amides is 1. The van der Waals surface area contributed by atoms with Gasteiger partial charge in [0.15, 0.2) is 5.82 Å². The first-order valence-corrected chi connectivity index (χ1v) is 9.27. The van der Waals surface area contributed by atoms with E-state index >= 15 is 0 Å². The summed E-state index contributed by atoms with van der Waals surface area (Å²) in [4.78, 5) is 28.4. The van der Waals surface area contributed by atoms with E-state index in [4.69, 9.17) is 16.6 Å². The first-order chi connectivity index (χ1) is 13.3. The molecule has 0 aliphatic rings. The second-order valence-electron chi connectivity index (χ2n) is 7.15. The molecule has 0 radical (unpaired) electrons. The molecule has 0 aliphatic carbocycles. The lowest BCUT2D eigenvalue weighted by Gasteiger charge is -2.12. The molecule has 0 saturated heterocycles. The minimum atomic E-state index is -0.168. The summed E-state index contributed by atoms with van der Waals surface area (Å²) < 4.78 is 1.95. The van der Waals surface area contributed by atoms with Crippen molar-refractivity contribution in [2.75, 3.05) is 14.1 Å². The summed E-state index contributed by atoms with van der Waals surface area (Å²) in [6.07, 6.45) is 0. The summed E-state index contributed by atoms with van der Waals surface area (Å²) in [7, 11) is 5.36. The van der Waals surface area contributed by atoms with Crippen molar-refractivity contribution >= 4 is 39.4 Å². The van der Waals surface area contributed by atoms with Crippen LogP contribution in [0.1, 0.15) is 21.9 Å². The van der Waals surface area contributed by atoms with Gasteiger partial charge in [-0.1, -0.05) is 17.7 Å². The van der Waals surface area contributed by atoms with Crippen LogP contribution in [-0.4, -0.2) is 44.4 Å². The Hall–Kier alpha value is -2.99. The molecule has 4 aromatic rings. The quantitative estimate of drug-likeness (QED) is 0.513. The number of hydrogen-bond donors (Lipinski definition) is 0. The number of benzene rings is 1. The monoisotopic (exact) mass is 393 g/mol. The van der Waals surface area contributed by atoms with Gasteiger partial charge in [-0.15, -0.1) is 0 Å². The maximum absolute atomic E-state index is 13.0. The van der Waals surface area contributed by atoms with Gasteiger partial charge in [-0.2, -0.15) is 0 Å². The van der Waals surface area contributed by atoms with Crippen molar-refractivity contribution in [1.29, 1.82) is 0 Å². The molecule has 1 aromatic carbocycles. The van der Waals surface area contributed by atoms with Gasteiger partial charge < -0.3 is 9.47 Å². The van der Waals surface area contributed by atoms with Gasteiger partial charge in [0.1, 0.15) is 11.3 Å². The van der Waals surface area contributed by atoms with Crippen molar-refractivity contribution in [3.63, 3.8) is 0 Å². The molecule has 0 spiro atoms. The Kier molecular flexibility index (Phi) is 4.31. The molecular weight excluding hydrogens is 374 g/mol. The molecule has 0 unspecified atom stereocenters. The van der Waals surface area contributed by atoms with Gasteiger partial charge in [-0.25, -0.2) is 9.97 Å². The Balaban J connectivity index is 2.13. The van der Waals surface area contributed by atoms with Gasteiger partial charge in [0, 0.05) is 48.5 Å². The third-order valence-electron chi connectivity index (χ3n) is 4.75. The third kappa shape index (κ3) is 2.90. The molecule has 0 atom stereocenters. The molecule has 0 bridgehead atoms. The number of aryl methyl sites for hydroxylation is 3. The standard InChI is InChI=1S/C21H20ClN5O/c1-11-8-13(9-12(2)23-11)19-24-18(21(28)26(3)4)17-15-7-6-14(22)10-16(15)27(5)20(17)25-19/h6-10H,1-5H3. The predicted molar refractivity (Wildman–Crippen MR) is 112 cm³/mol. The number of aromatic nitrogens is 4. The highest BCUT2D eigenvalue weighted by atomic mass is 35.5. The number of nitrogens with zero attached hydrogens (tertiary/aromatic N) is 5. The second kappa shape index (κ2) is 6.56. The SMILES string of the molecule is Cc1cc(-c2nc(C(=O)N(C)C)c3c4ccc(Cl)cc4n(C)c3n2)cc(C)n1. The van der Waals surface area contributed by atoms with E-state index in [1.165, 1.54) is 4.90 Å². The predicted octanol–water partition coefficient (Wildman–Crippen LogP) is 4.16. The molecule has 1 amide bonds. The van der Waals surface area contributed by atoms with Gasteiger partial charge in [0.25, 0.3) is 5.91 Å². The topological polar surface area (TPSA) is 63.9 Å². The first-order valence-electron chi connectivity index (χ1n) is 8.89. The zero-order chi connectivity index (χ0) is 20.2. The summed E-state index contributed by atoms with van der Waals surface area (Å²) in [5.74, 6) is 0.335. The van der Waals surface area contributed by atoms with Crippen LogP contribution in [0.15, 0.2) is 30.3 Å². The molecule has 6 nitrogen and oxygen atoms in total. The average molecular weight is 394 g/mol. The number of carbonyl (C=O) groups excluding carboxylic acids is 1. The molecule has 3 heterocycles. The Morgan fingerprint density at radius 1 is 1.04 bits per heavy atom. The number of hydrogen-bond acceptors (Lipinski definition) is 4. The Labute approximate surface area is 167 Å². The molecule has 0 aliphatic heterocycles. The van der Waals surface area contributed by atoms with Crippen LogP contribution in [0.3, 0.4) is 0 Å².